The summed E-state index contributed by atoms with van der Waals surface area (Å²) >= 11 is 0. The molecule has 2 rings (SSSR count). The maximum absolute atomic E-state index is 11.2. The molecule has 0 aliphatic rings. The summed E-state index contributed by atoms with van der Waals surface area (Å²) in [6.07, 6.45) is 3.03. The van der Waals surface area contributed by atoms with Crippen LogP contribution in [0.2, 0.25) is 0 Å². The second kappa shape index (κ2) is 3.81. The Morgan fingerprint density at radius 3 is 2.81 bits per heavy atom. The van der Waals surface area contributed by atoms with E-state index in [2.05, 4.69) is 4.98 Å². The topological polar surface area (TPSA) is 60.9 Å². The van der Waals surface area contributed by atoms with Gasteiger partial charge < -0.3 is 10.3 Å². The van der Waals surface area contributed by atoms with Gasteiger partial charge in [-0.1, -0.05) is 12.1 Å². The second-order valence-corrected chi connectivity index (χ2v) is 3.74. The van der Waals surface area contributed by atoms with Gasteiger partial charge in [0.15, 0.2) is 0 Å². The lowest BCUT2D eigenvalue weighted by Crippen LogP contribution is -2.15. The van der Waals surface area contributed by atoms with Gasteiger partial charge in [-0.05, 0) is 18.6 Å². The molecule has 16 heavy (non-hydrogen) atoms. The lowest BCUT2D eigenvalue weighted by molar-refractivity contribution is 0.844. The minimum atomic E-state index is -0.120. The fourth-order valence-corrected chi connectivity index (χ4v) is 1.57. The quantitative estimate of drug-likeness (QED) is 0.730. The summed E-state index contributed by atoms with van der Waals surface area (Å²) < 4.78 is 1.50. The van der Waals surface area contributed by atoms with Crippen LogP contribution in [0.3, 0.4) is 0 Å². The lowest BCUT2D eigenvalue weighted by atomic mass is 10.0. The Labute approximate surface area is 93.4 Å². The molecule has 0 aliphatic carbocycles. The molecular weight excluding hydrogens is 202 g/mol. The number of aromatic nitrogens is 2. The number of nitrogens with two attached hydrogens (primary N) is 1. The molecule has 1 aromatic carbocycles. The molecule has 0 spiro atoms. The van der Waals surface area contributed by atoms with Crippen LogP contribution in [0.25, 0.3) is 11.3 Å². The molecule has 0 atom stereocenters. The Balaban J connectivity index is 2.63. The van der Waals surface area contributed by atoms with Crippen LogP contribution in [0, 0.1) is 6.92 Å². The van der Waals surface area contributed by atoms with E-state index in [0.29, 0.717) is 0 Å². The summed E-state index contributed by atoms with van der Waals surface area (Å²) in [4.78, 5) is 15.4. The molecule has 0 fully saturated rings. The van der Waals surface area contributed by atoms with Crippen LogP contribution in [-0.2, 0) is 7.05 Å². The van der Waals surface area contributed by atoms with E-state index in [1.165, 1.54) is 10.8 Å². The molecule has 0 radical (unpaired) electrons. The monoisotopic (exact) mass is 215 g/mol. The number of anilines is 1. The molecule has 4 heteroatoms. The number of hydrogen-bond donors (Lipinski definition) is 1. The zero-order chi connectivity index (χ0) is 11.7. The first-order valence-corrected chi connectivity index (χ1v) is 4.97. The van der Waals surface area contributed by atoms with Crippen LogP contribution < -0.4 is 11.3 Å². The first-order valence-electron chi connectivity index (χ1n) is 4.97. The third kappa shape index (κ3) is 1.69. The SMILES string of the molecule is Cc1c(N)cccc1-c1cn(C)c(=O)cn1. The van der Waals surface area contributed by atoms with Gasteiger partial charge in [-0.2, -0.15) is 0 Å². The zero-order valence-electron chi connectivity index (χ0n) is 9.27. The van der Waals surface area contributed by atoms with Crippen molar-refractivity contribution in [3.8, 4) is 11.3 Å². The lowest BCUT2D eigenvalue weighted by Gasteiger charge is -2.08. The smallest absolute Gasteiger partial charge is 0.268 e. The highest BCUT2D eigenvalue weighted by atomic mass is 16.1. The largest absolute Gasteiger partial charge is 0.398 e. The number of nitrogen functional groups attached to an aromatic ring is 1. The van der Waals surface area contributed by atoms with Gasteiger partial charge in [0.25, 0.3) is 5.56 Å². The fourth-order valence-electron chi connectivity index (χ4n) is 1.57. The van der Waals surface area contributed by atoms with E-state index in [4.69, 9.17) is 5.73 Å². The minimum absolute atomic E-state index is 0.120. The van der Waals surface area contributed by atoms with Gasteiger partial charge in [0.05, 0.1) is 11.9 Å². The summed E-state index contributed by atoms with van der Waals surface area (Å²) in [6.45, 7) is 1.94. The molecule has 1 heterocycles. The van der Waals surface area contributed by atoms with Crippen LogP contribution in [-0.4, -0.2) is 9.55 Å². The molecule has 82 valence electrons. The Hall–Kier alpha value is -2.10. The number of nitrogens with zero attached hydrogens (tertiary/aromatic N) is 2. The fraction of sp³-hybridized carbons (Fsp3) is 0.167. The standard InChI is InChI=1S/C12H13N3O/c1-8-9(4-3-5-10(8)13)11-7-15(2)12(16)6-14-11/h3-7H,13H2,1-2H3. The van der Waals surface area contributed by atoms with Gasteiger partial charge >= 0.3 is 0 Å². The molecule has 0 unspecified atom stereocenters. The van der Waals surface area contributed by atoms with Crippen molar-refractivity contribution < 1.29 is 0 Å². The van der Waals surface area contributed by atoms with Gasteiger partial charge in [-0.25, -0.2) is 4.98 Å². The molecule has 1 aromatic heterocycles. The average molecular weight is 215 g/mol. The van der Waals surface area contributed by atoms with E-state index in [0.717, 1.165) is 22.5 Å². The molecule has 0 aliphatic heterocycles. The van der Waals surface area contributed by atoms with Crippen molar-refractivity contribution in [2.24, 2.45) is 7.05 Å². The second-order valence-electron chi connectivity index (χ2n) is 3.74. The maximum atomic E-state index is 11.2. The van der Waals surface area contributed by atoms with E-state index in [-0.39, 0.29) is 5.56 Å². The van der Waals surface area contributed by atoms with Gasteiger partial charge in [0.1, 0.15) is 0 Å². The summed E-state index contributed by atoms with van der Waals surface area (Å²) in [5.74, 6) is 0. The number of rotatable bonds is 1. The van der Waals surface area contributed by atoms with E-state index in [1.807, 2.05) is 25.1 Å². The normalized spacial score (nSPS) is 10.4. The van der Waals surface area contributed by atoms with Gasteiger partial charge in [0.2, 0.25) is 0 Å². The number of aryl methyl sites for hydroxylation is 1. The number of benzene rings is 1. The van der Waals surface area contributed by atoms with Crippen LogP contribution in [0.1, 0.15) is 5.56 Å². The Kier molecular flexibility index (Phi) is 2.48. The van der Waals surface area contributed by atoms with E-state index < -0.39 is 0 Å². The van der Waals surface area contributed by atoms with Crippen LogP contribution >= 0.6 is 0 Å². The van der Waals surface area contributed by atoms with Crippen molar-refractivity contribution in [1.29, 1.82) is 0 Å². The molecule has 2 N–H and O–H groups in total. The first kappa shape index (κ1) is 10.4. The molecular formula is C12H13N3O. The first-order chi connectivity index (χ1) is 7.59. The highest BCUT2D eigenvalue weighted by Gasteiger charge is 2.06. The van der Waals surface area contributed by atoms with Gasteiger partial charge in [0, 0.05) is 24.5 Å². The molecule has 0 saturated heterocycles. The summed E-state index contributed by atoms with van der Waals surface area (Å²) in [6, 6.07) is 5.67. The van der Waals surface area contributed by atoms with Gasteiger partial charge in [-0.3, -0.25) is 4.79 Å². The van der Waals surface area contributed by atoms with E-state index in [1.54, 1.807) is 13.2 Å². The van der Waals surface area contributed by atoms with Crippen molar-refractivity contribution in [1.82, 2.24) is 9.55 Å². The Morgan fingerprint density at radius 2 is 2.12 bits per heavy atom. The third-order valence-corrected chi connectivity index (χ3v) is 2.63. The summed E-state index contributed by atoms with van der Waals surface area (Å²) in [5, 5.41) is 0. The minimum Gasteiger partial charge on any atom is -0.398 e. The summed E-state index contributed by atoms with van der Waals surface area (Å²) in [5.41, 5.74) is 9.13. The highest BCUT2D eigenvalue weighted by molar-refractivity contribution is 5.69. The molecule has 0 bridgehead atoms. The predicted molar refractivity (Wildman–Crippen MR) is 64.1 cm³/mol. The van der Waals surface area contributed by atoms with E-state index in [9.17, 15) is 4.79 Å². The van der Waals surface area contributed by atoms with Crippen molar-refractivity contribution in [3.63, 3.8) is 0 Å². The maximum Gasteiger partial charge on any atom is 0.268 e. The van der Waals surface area contributed by atoms with Crippen LogP contribution in [0.15, 0.2) is 35.4 Å². The third-order valence-electron chi connectivity index (χ3n) is 2.63. The van der Waals surface area contributed by atoms with Crippen LogP contribution in [0.4, 0.5) is 5.69 Å². The average Bonchev–Trinajstić information content (AvgIpc) is 2.26. The Morgan fingerprint density at radius 1 is 1.38 bits per heavy atom. The van der Waals surface area contributed by atoms with Crippen molar-refractivity contribution in [3.05, 3.63) is 46.5 Å². The molecule has 2 aromatic rings. The van der Waals surface area contributed by atoms with Crippen molar-refractivity contribution in [2.75, 3.05) is 5.73 Å². The van der Waals surface area contributed by atoms with Crippen molar-refractivity contribution >= 4 is 5.69 Å². The highest BCUT2D eigenvalue weighted by Crippen LogP contribution is 2.24. The predicted octanol–water partition coefficient (Wildman–Crippen LogP) is 1.34. The Bertz CT molecular complexity index is 587. The molecule has 0 saturated carbocycles. The van der Waals surface area contributed by atoms with Crippen LogP contribution in [0.5, 0.6) is 0 Å². The van der Waals surface area contributed by atoms with Crippen molar-refractivity contribution in [2.45, 2.75) is 6.92 Å². The number of hydrogen-bond acceptors (Lipinski definition) is 3. The summed E-state index contributed by atoms with van der Waals surface area (Å²) in [7, 11) is 1.70. The molecule has 0 amide bonds. The zero-order valence-corrected chi connectivity index (χ0v) is 9.27. The molecule has 4 nitrogen and oxygen atoms in total. The van der Waals surface area contributed by atoms with Gasteiger partial charge in [-0.15, -0.1) is 0 Å². The van der Waals surface area contributed by atoms with E-state index >= 15 is 0 Å².